The van der Waals surface area contributed by atoms with Gasteiger partial charge in [0.25, 0.3) is 0 Å². The van der Waals surface area contributed by atoms with Crippen molar-refractivity contribution >= 4 is 23.5 Å². The van der Waals surface area contributed by atoms with Crippen molar-refractivity contribution in [2.45, 2.75) is 13.3 Å². The van der Waals surface area contributed by atoms with Gasteiger partial charge in [0.1, 0.15) is 0 Å². The van der Waals surface area contributed by atoms with E-state index in [0.29, 0.717) is 0 Å². The highest BCUT2D eigenvalue weighted by Gasteiger charge is 1.85. The molecule has 0 atom stereocenters. The van der Waals surface area contributed by atoms with Crippen LogP contribution in [0.4, 0.5) is 0 Å². The summed E-state index contributed by atoms with van der Waals surface area (Å²) in [5.41, 5.74) is 0. The Bertz CT molecular complexity index is 40.2. The van der Waals surface area contributed by atoms with Gasteiger partial charge in [0.05, 0.1) is 0 Å². The second-order valence-electron chi connectivity index (χ2n) is 1.72. The largest absolute Gasteiger partial charge is 0.161 e. The van der Waals surface area contributed by atoms with E-state index >= 15 is 0 Å². The van der Waals surface area contributed by atoms with E-state index in [4.69, 9.17) is 0 Å². The first-order chi connectivity index (χ1) is 4.41. The molecule has 0 bridgehead atoms. The zero-order valence-corrected chi connectivity index (χ0v) is 7.69. The molecule has 0 N–H and O–H groups in total. The topological polar surface area (TPSA) is 0 Å². The lowest BCUT2D eigenvalue weighted by molar-refractivity contribution is 1.11. The Labute approximate surface area is 67.2 Å². The van der Waals surface area contributed by atoms with Crippen LogP contribution in [0.2, 0.25) is 0 Å². The van der Waals surface area contributed by atoms with Crippen LogP contribution in [-0.2, 0) is 0 Å². The monoisotopic (exact) mass is 163 g/mol. The quantitative estimate of drug-likeness (QED) is 0.552. The minimum atomic E-state index is 1.02. The van der Waals surface area contributed by atoms with E-state index in [9.17, 15) is 0 Å². The first kappa shape index (κ1) is 9.70. The molecule has 0 aliphatic carbocycles. The van der Waals surface area contributed by atoms with Crippen LogP contribution in [0.15, 0.2) is 0 Å². The van der Waals surface area contributed by atoms with Crippen LogP contribution < -0.4 is 0 Å². The van der Waals surface area contributed by atoms with Gasteiger partial charge in [0.15, 0.2) is 0 Å². The van der Waals surface area contributed by atoms with Gasteiger partial charge in [-0.2, -0.15) is 23.5 Å². The summed E-state index contributed by atoms with van der Waals surface area (Å²) >= 11 is 3.97. The minimum absolute atomic E-state index is 1.02. The van der Waals surface area contributed by atoms with Gasteiger partial charge in [0, 0.05) is 11.5 Å². The zero-order valence-electron chi connectivity index (χ0n) is 6.06. The van der Waals surface area contributed by atoms with Gasteiger partial charge in [-0.3, -0.25) is 0 Å². The van der Waals surface area contributed by atoms with Crippen molar-refractivity contribution in [1.82, 2.24) is 0 Å². The fraction of sp³-hybridized carbons (Fsp3) is 0.857. The second kappa shape index (κ2) is 8.70. The van der Waals surface area contributed by atoms with Crippen LogP contribution in [0.1, 0.15) is 13.3 Å². The summed E-state index contributed by atoms with van der Waals surface area (Å²) in [4.78, 5) is 0. The highest BCUT2D eigenvalue weighted by atomic mass is 32.2. The molecule has 0 unspecified atom stereocenters. The molecule has 1 radical (unpaired) electrons. The summed E-state index contributed by atoms with van der Waals surface area (Å²) < 4.78 is 0. The smallest absolute Gasteiger partial charge is 0.00235 e. The summed E-state index contributed by atoms with van der Waals surface area (Å²) in [6, 6.07) is 0. The summed E-state index contributed by atoms with van der Waals surface area (Å²) in [5, 5.41) is 0. The van der Waals surface area contributed by atoms with E-state index < -0.39 is 0 Å². The van der Waals surface area contributed by atoms with Crippen molar-refractivity contribution in [1.29, 1.82) is 0 Å². The molecule has 0 saturated heterocycles. The third kappa shape index (κ3) is 8.70. The van der Waals surface area contributed by atoms with Gasteiger partial charge in [0.2, 0.25) is 0 Å². The molecule has 0 aliphatic rings. The Hall–Kier alpha value is 0.700. The van der Waals surface area contributed by atoms with Crippen molar-refractivity contribution in [3.8, 4) is 0 Å². The summed E-state index contributed by atoms with van der Waals surface area (Å²) in [7, 11) is 0. The molecule has 55 valence electrons. The predicted octanol–water partition coefficient (Wildman–Crippen LogP) is 2.70. The minimum Gasteiger partial charge on any atom is -0.161 e. The van der Waals surface area contributed by atoms with Crippen molar-refractivity contribution in [3.05, 3.63) is 6.92 Å². The van der Waals surface area contributed by atoms with Crippen molar-refractivity contribution in [2.75, 3.05) is 23.0 Å². The third-order valence-electron chi connectivity index (χ3n) is 0.865. The maximum absolute atomic E-state index is 3.76. The maximum atomic E-state index is 3.76. The summed E-state index contributed by atoms with van der Waals surface area (Å²) in [5.74, 6) is 4.91. The molecule has 0 fully saturated rings. The lowest BCUT2D eigenvalue weighted by Gasteiger charge is -1.96. The molecule has 0 aliphatic heterocycles. The van der Waals surface area contributed by atoms with Crippen LogP contribution in [0.5, 0.6) is 0 Å². The SMILES string of the molecule is [CH2]CSCCSCCC. The lowest BCUT2D eigenvalue weighted by Crippen LogP contribution is -1.85. The Kier molecular flexibility index (Phi) is 9.38. The lowest BCUT2D eigenvalue weighted by atomic mass is 10.6. The first-order valence-electron chi connectivity index (χ1n) is 3.36. The average Bonchev–Trinajstić information content (AvgIpc) is 1.89. The number of thioether (sulfide) groups is 2. The molecule has 2 heteroatoms. The van der Waals surface area contributed by atoms with Crippen LogP contribution in [0.3, 0.4) is 0 Å². The highest BCUT2D eigenvalue weighted by molar-refractivity contribution is 8.02. The highest BCUT2D eigenvalue weighted by Crippen LogP contribution is 2.06. The first-order valence-corrected chi connectivity index (χ1v) is 5.67. The van der Waals surface area contributed by atoms with Gasteiger partial charge in [-0.05, 0) is 24.9 Å². The number of rotatable bonds is 6. The number of hydrogen-bond acceptors (Lipinski definition) is 2. The molecule has 0 aromatic rings. The van der Waals surface area contributed by atoms with Crippen LogP contribution in [0, 0.1) is 6.92 Å². The molecule has 0 aromatic heterocycles. The van der Waals surface area contributed by atoms with Crippen molar-refractivity contribution < 1.29 is 0 Å². The molecule has 0 amide bonds. The molecule has 0 spiro atoms. The van der Waals surface area contributed by atoms with Crippen LogP contribution in [0.25, 0.3) is 0 Å². The van der Waals surface area contributed by atoms with Gasteiger partial charge in [-0.25, -0.2) is 0 Å². The van der Waals surface area contributed by atoms with E-state index in [-0.39, 0.29) is 0 Å². The van der Waals surface area contributed by atoms with Crippen LogP contribution in [-0.4, -0.2) is 23.0 Å². The maximum Gasteiger partial charge on any atom is 0.00235 e. The van der Waals surface area contributed by atoms with Crippen molar-refractivity contribution in [2.24, 2.45) is 0 Å². The molecule has 0 heterocycles. The molecule has 9 heavy (non-hydrogen) atoms. The molecular weight excluding hydrogens is 148 g/mol. The van der Waals surface area contributed by atoms with Crippen molar-refractivity contribution in [3.63, 3.8) is 0 Å². The second-order valence-corrected chi connectivity index (χ2v) is 4.17. The predicted molar refractivity (Wildman–Crippen MR) is 50.3 cm³/mol. The van der Waals surface area contributed by atoms with E-state index in [2.05, 4.69) is 13.8 Å². The Morgan fingerprint density at radius 1 is 1.11 bits per heavy atom. The van der Waals surface area contributed by atoms with E-state index in [0.717, 1.165) is 5.75 Å². The normalized spacial score (nSPS) is 10.0. The average molecular weight is 163 g/mol. The van der Waals surface area contributed by atoms with Crippen LogP contribution >= 0.6 is 23.5 Å². The van der Waals surface area contributed by atoms with E-state index in [1.807, 2.05) is 23.5 Å². The molecule has 0 saturated carbocycles. The fourth-order valence-corrected chi connectivity index (χ4v) is 2.11. The Balaban J connectivity index is 2.60. The number of hydrogen-bond donors (Lipinski definition) is 0. The van der Waals surface area contributed by atoms with Gasteiger partial charge < -0.3 is 0 Å². The van der Waals surface area contributed by atoms with E-state index in [1.54, 1.807) is 0 Å². The molecular formula is C7H15S2. The van der Waals surface area contributed by atoms with Gasteiger partial charge >= 0.3 is 0 Å². The summed E-state index contributed by atoms with van der Waals surface area (Å²) in [6.07, 6.45) is 1.31. The van der Waals surface area contributed by atoms with Gasteiger partial charge in [-0.15, -0.1) is 0 Å². The fourth-order valence-electron chi connectivity index (χ4n) is 0.466. The molecule has 0 rings (SSSR count). The molecule has 0 aromatic carbocycles. The molecule has 0 nitrogen and oxygen atoms in total. The van der Waals surface area contributed by atoms with Gasteiger partial charge in [-0.1, -0.05) is 6.92 Å². The zero-order chi connectivity index (χ0) is 6.95. The summed E-state index contributed by atoms with van der Waals surface area (Å²) in [6.45, 7) is 5.98. The Morgan fingerprint density at radius 2 is 1.78 bits per heavy atom. The van der Waals surface area contributed by atoms with E-state index in [1.165, 1.54) is 23.7 Å². The Morgan fingerprint density at radius 3 is 2.33 bits per heavy atom. The third-order valence-corrected chi connectivity index (χ3v) is 3.09. The standard InChI is InChI=1S/C7H15S2/c1-3-5-9-7-6-8-4-2/h2-7H2,1H3.